The normalized spacial score (nSPS) is 11.0. The fourth-order valence-electron chi connectivity index (χ4n) is 1.42. The van der Waals surface area contributed by atoms with Crippen molar-refractivity contribution in [3.05, 3.63) is 41.5 Å². The van der Waals surface area contributed by atoms with Gasteiger partial charge in [-0.15, -0.1) is 0 Å². The predicted octanol–water partition coefficient (Wildman–Crippen LogP) is 4.44. The third-order valence-corrected chi connectivity index (χ3v) is 2.53. The first-order valence-electron chi connectivity index (χ1n) is 5.18. The molecule has 0 aliphatic heterocycles. The van der Waals surface area contributed by atoms with E-state index in [2.05, 4.69) is 59.3 Å². The maximum absolute atomic E-state index is 3.41. The summed E-state index contributed by atoms with van der Waals surface area (Å²) in [6.07, 6.45) is 7.90. The largest absolute Gasteiger partial charge is 0.0925 e. The molecule has 0 radical (unpaired) electrons. The zero-order valence-electron chi connectivity index (χ0n) is 8.67. The first-order chi connectivity index (χ1) is 6.86. The molecule has 0 amide bonds. The van der Waals surface area contributed by atoms with Gasteiger partial charge in [-0.05, 0) is 24.0 Å². The minimum atomic E-state index is 1.04. The number of rotatable bonds is 5. The summed E-state index contributed by atoms with van der Waals surface area (Å²) in [5, 5.41) is 1.04. The minimum Gasteiger partial charge on any atom is -0.0925 e. The molecule has 0 unspecified atom stereocenters. The van der Waals surface area contributed by atoms with Crippen molar-refractivity contribution in [2.24, 2.45) is 0 Å². The van der Waals surface area contributed by atoms with Crippen molar-refractivity contribution in [3.63, 3.8) is 0 Å². The smallest absolute Gasteiger partial charge is 0.00660 e. The van der Waals surface area contributed by atoms with E-state index in [0.717, 1.165) is 11.8 Å². The van der Waals surface area contributed by atoms with Crippen molar-refractivity contribution < 1.29 is 0 Å². The van der Waals surface area contributed by atoms with Crippen molar-refractivity contribution in [1.82, 2.24) is 0 Å². The first-order valence-corrected chi connectivity index (χ1v) is 6.30. The van der Waals surface area contributed by atoms with E-state index in [9.17, 15) is 0 Å². The van der Waals surface area contributed by atoms with Gasteiger partial charge in [0.2, 0.25) is 0 Å². The minimum absolute atomic E-state index is 1.04. The Labute approximate surface area is 95.2 Å². The molecule has 0 spiro atoms. The molecule has 76 valence electrons. The van der Waals surface area contributed by atoms with E-state index in [-0.39, 0.29) is 0 Å². The van der Waals surface area contributed by atoms with Gasteiger partial charge in [-0.2, -0.15) is 0 Å². The van der Waals surface area contributed by atoms with Crippen molar-refractivity contribution in [1.29, 1.82) is 0 Å². The van der Waals surface area contributed by atoms with Gasteiger partial charge >= 0.3 is 0 Å². The molecular weight excluding hydrogens is 236 g/mol. The van der Waals surface area contributed by atoms with Crippen LogP contribution in [0.5, 0.6) is 0 Å². The average Bonchev–Trinajstić information content (AvgIpc) is 2.19. The van der Waals surface area contributed by atoms with Gasteiger partial charge in [-0.1, -0.05) is 65.7 Å². The van der Waals surface area contributed by atoms with Crippen molar-refractivity contribution >= 4 is 22.0 Å². The molecule has 0 heterocycles. The van der Waals surface area contributed by atoms with Crippen LogP contribution in [0.1, 0.15) is 30.9 Å². The van der Waals surface area contributed by atoms with Crippen molar-refractivity contribution in [2.75, 3.05) is 5.33 Å². The van der Waals surface area contributed by atoms with E-state index in [1.807, 2.05) is 0 Å². The fraction of sp³-hybridized carbons (Fsp3) is 0.385. The van der Waals surface area contributed by atoms with Gasteiger partial charge in [0.15, 0.2) is 0 Å². The highest BCUT2D eigenvalue weighted by molar-refractivity contribution is 9.09. The summed E-state index contributed by atoms with van der Waals surface area (Å²) in [6, 6.07) is 8.77. The second kappa shape index (κ2) is 6.83. The number of hydrogen-bond donors (Lipinski definition) is 0. The Morgan fingerprint density at radius 3 is 2.93 bits per heavy atom. The number of alkyl halides is 1. The second-order valence-corrected chi connectivity index (χ2v) is 4.17. The molecule has 14 heavy (non-hydrogen) atoms. The predicted molar refractivity (Wildman–Crippen MR) is 67.9 cm³/mol. The standard InChI is InChI=1S/C13H17Br/c1-2-6-12-8-5-9-13(11-12)7-3-4-10-14/h3,5,7-9,11H,2,4,6,10H2,1H3/b7-3+. The first kappa shape index (κ1) is 11.5. The van der Waals surface area contributed by atoms with Gasteiger partial charge in [-0.3, -0.25) is 0 Å². The van der Waals surface area contributed by atoms with E-state index in [4.69, 9.17) is 0 Å². The summed E-state index contributed by atoms with van der Waals surface area (Å²) in [6.45, 7) is 2.22. The van der Waals surface area contributed by atoms with Gasteiger partial charge in [0.1, 0.15) is 0 Å². The summed E-state index contributed by atoms with van der Waals surface area (Å²) in [5.74, 6) is 0. The maximum Gasteiger partial charge on any atom is 0.00660 e. The molecule has 0 saturated heterocycles. The molecule has 0 nitrogen and oxygen atoms in total. The van der Waals surface area contributed by atoms with Gasteiger partial charge in [0.25, 0.3) is 0 Å². The quantitative estimate of drug-likeness (QED) is 0.680. The SMILES string of the molecule is CCCc1cccc(/C=C/CCBr)c1. The fourth-order valence-corrected chi connectivity index (χ4v) is 1.69. The lowest BCUT2D eigenvalue weighted by Crippen LogP contribution is -1.83. The van der Waals surface area contributed by atoms with E-state index < -0.39 is 0 Å². The highest BCUT2D eigenvalue weighted by Gasteiger charge is 1.91. The summed E-state index contributed by atoms with van der Waals surface area (Å²) in [7, 11) is 0. The van der Waals surface area contributed by atoms with E-state index in [0.29, 0.717) is 0 Å². The third kappa shape index (κ3) is 4.10. The lowest BCUT2D eigenvalue weighted by Gasteiger charge is -1.99. The summed E-state index contributed by atoms with van der Waals surface area (Å²) < 4.78 is 0. The molecule has 0 aliphatic carbocycles. The Morgan fingerprint density at radius 2 is 2.21 bits per heavy atom. The molecule has 0 fully saturated rings. The number of benzene rings is 1. The molecule has 0 aromatic heterocycles. The number of aryl methyl sites for hydroxylation is 1. The molecular formula is C13H17Br. The molecule has 0 atom stereocenters. The van der Waals surface area contributed by atoms with Crippen LogP contribution >= 0.6 is 15.9 Å². The van der Waals surface area contributed by atoms with Crippen LogP contribution < -0.4 is 0 Å². The molecule has 0 saturated carbocycles. The van der Waals surface area contributed by atoms with Gasteiger partial charge in [0.05, 0.1) is 0 Å². The van der Waals surface area contributed by atoms with Crippen molar-refractivity contribution in [3.8, 4) is 0 Å². The van der Waals surface area contributed by atoms with Crippen LogP contribution in [0.15, 0.2) is 30.3 Å². The summed E-state index contributed by atoms with van der Waals surface area (Å²) in [5.41, 5.74) is 2.75. The number of hydrogen-bond acceptors (Lipinski definition) is 0. The topological polar surface area (TPSA) is 0 Å². The Morgan fingerprint density at radius 1 is 1.36 bits per heavy atom. The van der Waals surface area contributed by atoms with Crippen LogP contribution in [0.4, 0.5) is 0 Å². The zero-order valence-corrected chi connectivity index (χ0v) is 10.3. The van der Waals surface area contributed by atoms with Crippen molar-refractivity contribution in [2.45, 2.75) is 26.2 Å². The molecule has 0 bridgehead atoms. The van der Waals surface area contributed by atoms with Gasteiger partial charge in [0, 0.05) is 5.33 Å². The lowest BCUT2D eigenvalue weighted by molar-refractivity contribution is 0.921. The average molecular weight is 253 g/mol. The van der Waals surface area contributed by atoms with E-state index in [1.54, 1.807) is 0 Å². The lowest BCUT2D eigenvalue weighted by atomic mass is 10.1. The van der Waals surface area contributed by atoms with Crippen LogP contribution in [0, 0.1) is 0 Å². The van der Waals surface area contributed by atoms with Crippen LogP contribution in [0.25, 0.3) is 6.08 Å². The molecule has 1 heteroatoms. The summed E-state index contributed by atoms with van der Waals surface area (Å²) in [4.78, 5) is 0. The van der Waals surface area contributed by atoms with Gasteiger partial charge in [-0.25, -0.2) is 0 Å². The van der Waals surface area contributed by atoms with Gasteiger partial charge < -0.3 is 0 Å². The molecule has 1 aromatic rings. The third-order valence-electron chi connectivity index (χ3n) is 2.08. The Bertz CT molecular complexity index is 289. The number of halogens is 1. The Hall–Kier alpha value is -0.560. The highest BCUT2D eigenvalue weighted by Crippen LogP contribution is 2.09. The van der Waals surface area contributed by atoms with E-state index >= 15 is 0 Å². The van der Waals surface area contributed by atoms with Crippen LogP contribution in [-0.2, 0) is 6.42 Å². The molecule has 0 aliphatic rings. The number of allylic oxidation sites excluding steroid dienone is 1. The van der Waals surface area contributed by atoms with E-state index in [1.165, 1.54) is 24.0 Å². The van der Waals surface area contributed by atoms with Crippen LogP contribution in [0.2, 0.25) is 0 Å². The maximum atomic E-state index is 3.41. The molecule has 1 aromatic carbocycles. The summed E-state index contributed by atoms with van der Waals surface area (Å²) >= 11 is 3.41. The van der Waals surface area contributed by atoms with Crippen LogP contribution in [0.3, 0.4) is 0 Å². The highest BCUT2D eigenvalue weighted by atomic mass is 79.9. The Balaban J connectivity index is 2.63. The molecule has 1 rings (SSSR count). The molecule has 0 N–H and O–H groups in total. The zero-order chi connectivity index (χ0) is 10.2. The monoisotopic (exact) mass is 252 g/mol. The Kier molecular flexibility index (Phi) is 5.62. The van der Waals surface area contributed by atoms with Crippen LogP contribution in [-0.4, -0.2) is 5.33 Å². The second-order valence-electron chi connectivity index (χ2n) is 3.38.